The molecular weight excluding hydrogens is 288 g/mol. The molecule has 1 saturated carbocycles. The van der Waals surface area contributed by atoms with Gasteiger partial charge < -0.3 is 10.0 Å². The zero-order valence-corrected chi connectivity index (χ0v) is 12.5. The van der Waals surface area contributed by atoms with Gasteiger partial charge in [0.05, 0.1) is 6.10 Å². The molecule has 1 heterocycles. The van der Waals surface area contributed by atoms with Crippen LogP contribution in [0.4, 0.5) is 8.78 Å². The lowest BCUT2D eigenvalue weighted by Gasteiger charge is -2.45. The molecule has 1 N–H and O–H groups in total. The van der Waals surface area contributed by atoms with Crippen LogP contribution in [0.2, 0.25) is 0 Å². The lowest BCUT2D eigenvalue weighted by molar-refractivity contribution is 0.0168. The molecule has 2 aliphatic rings. The van der Waals surface area contributed by atoms with Crippen molar-refractivity contribution in [2.75, 3.05) is 13.1 Å². The van der Waals surface area contributed by atoms with Gasteiger partial charge in [-0.15, -0.1) is 0 Å². The van der Waals surface area contributed by atoms with Gasteiger partial charge in [0.15, 0.2) is 11.6 Å². The topological polar surface area (TPSA) is 40.5 Å². The van der Waals surface area contributed by atoms with Crippen molar-refractivity contribution in [3.63, 3.8) is 0 Å². The van der Waals surface area contributed by atoms with E-state index in [4.69, 9.17) is 0 Å². The average molecular weight is 309 g/mol. The number of hydrogen-bond donors (Lipinski definition) is 1. The number of nitrogens with zero attached hydrogens (tertiary/aromatic N) is 1. The maximum Gasteiger partial charge on any atom is 0.253 e. The SMILES string of the molecule is O=C(c1ccc(F)c(F)c1)N1CCC2(CCC(O)CC2)CC1. The van der Waals surface area contributed by atoms with E-state index in [2.05, 4.69) is 0 Å². The number of carbonyl (C=O) groups excluding carboxylic acids is 1. The Morgan fingerprint density at radius 3 is 2.32 bits per heavy atom. The van der Waals surface area contributed by atoms with E-state index in [-0.39, 0.29) is 23.0 Å². The van der Waals surface area contributed by atoms with E-state index in [1.165, 1.54) is 6.07 Å². The van der Waals surface area contributed by atoms with Crippen LogP contribution in [0.15, 0.2) is 18.2 Å². The van der Waals surface area contributed by atoms with E-state index in [0.717, 1.165) is 50.7 Å². The van der Waals surface area contributed by atoms with Gasteiger partial charge in [0.2, 0.25) is 0 Å². The number of piperidine rings is 1. The van der Waals surface area contributed by atoms with Crippen molar-refractivity contribution >= 4 is 5.91 Å². The van der Waals surface area contributed by atoms with Crippen LogP contribution in [0.1, 0.15) is 48.9 Å². The van der Waals surface area contributed by atoms with E-state index in [1.807, 2.05) is 0 Å². The van der Waals surface area contributed by atoms with Crippen molar-refractivity contribution in [2.45, 2.75) is 44.6 Å². The third-order valence-corrected chi connectivity index (χ3v) is 5.29. The normalized spacial score (nSPS) is 22.0. The number of hydrogen-bond acceptors (Lipinski definition) is 2. The van der Waals surface area contributed by atoms with Gasteiger partial charge in [-0.2, -0.15) is 0 Å². The second-order valence-electron chi connectivity index (χ2n) is 6.65. The fraction of sp³-hybridized carbons (Fsp3) is 0.588. The van der Waals surface area contributed by atoms with Gasteiger partial charge >= 0.3 is 0 Å². The minimum Gasteiger partial charge on any atom is -0.393 e. The number of amides is 1. The standard InChI is InChI=1S/C17H21F2NO2/c18-14-2-1-12(11-15(14)19)16(22)20-9-7-17(8-10-20)5-3-13(21)4-6-17/h1-2,11,13,21H,3-10H2. The number of likely N-dealkylation sites (tertiary alicyclic amines) is 1. The van der Waals surface area contributed by atoms with Crippen LogP contribution < -0.4 is 0 Å². The predicted octanol–water partition coefficient (Wildman–Crippen LogP) is 3.12. The molecule has 1 spiro atoms. The molecule has 0 aromatic heterocycles. The highest BCUT2D eigenvalue weighted by Gasteiger charge is 2.38. The second kappa shape index (κ2) is 5.95. The molecule has 1 saturated heterocycles. The van der Waals surface area contributed by atoms with Gasteiger partial charge in [-0.3, -0.25) is 4.79 Å². The molecule has 22 heavy (non-hydrogen) atoms. The Bertz CT molecular complexity index is 558. The molecule has 2 fully saturated rings. The third kappa shape index (κ3) is 3.00. The minimum atomic E-state index is -0.986. The van der Waals surface area contributed by atoms with Crippen molar-refractivity contribution < 1.29 is 18.7 Å². The Morgan fingerprint density at radius 2 is 1.73 bits per heavy atom. The first-order valence-corrected chi connectivity index (χ1v) is 7.92. The molecule has 0 unspecified atom stereocenters. The van der Waals surface area contributed by atoms with Gasteiger partial charge in [0.1, 0.15) is 0 Å². The van der Waals surface area contributed by atoms with Crippen LogP contribution in [0.3, 0.4) is 0 Å². The van der Waals surface area contributed by atoms with E-state index < -0.39 is 11.6 Å². The van der Waals surface area contributed by atoms with E-state index in [0.29, 0.717) is 13.1 Å². The molecule has 0 radical (unpaired) electrons. The summed E-state index contributed by atoms with van der Waals surface area (Å²) in [5.41, 5.74) is 0.457. The summed E-state index contributed by atoms with van der Waals surface area (Å²) in [7, 11) is 0. The molecule has 1 aromatic carbocycles. The van der Waals surface area contributed by atoms with Gasteiger partial charge in [-0.1, -0.05) is 0 Å². The molecule has 1 aromatic rings. The molecule has 3 rings (SSSR count). The largest absolute Gasteiger partial charge is 0.393 e. The fourth-order valence-corrected chi connectivity index (χ4v) is 3.71. The Hall–Kier alpha value is -1.49. The van der Waals surface area contributed by atoms with Crippen molar-refractivity contribution in [1.82, 2.24) is 4.90 Å². The molecular formula is C17H21F2NO2. The number of rotatable bonds is 1. The molecule has 0 bridgehead atoms. The first-order valence-electron chi connectivity index (χ1n) is 7.92. The van der Waals surface area contributed by atoms with Crippen molar-refractivity contribution in [3.8, 4) is 0 Å². The average Bonchev–Trinajstić information content (AvgIpc) is 2.53. The number of carbonyl (C=O) groups is 1. The van der Waals surface area contributed by atoms with E-state index >= 15 is 0 Å². The zero-order valence-electron chi connectivity index (χ0n) is 12.5. The molecule has 1 amide bonds. The van der Waals surface area contributed by atoms with Gasteiger partial charge in [0.25, 0.3) is 5.91 Å². The molecule has 3 nitrogen and oxygen atoms in total. The Morgan fingerprint density at radius 1 is 1.09 bits per heavy atom. The molecule has 120 valence electrons. The lowest BCUT2D eigenvalue weighted by atomic mass is 9.67. The molecule has 1 aliphatic heterocycles. The number of benzene rings is 1. The molecule has 0 atom stereocenters. The summed E-state index contributed by atoms with van der Waals surface area (Å²) in [5, 5.41) is 9.63. The van der Waals surface area contributed by atoms with E-state index in [9.17, 15) is 18.7 Å². The maximum absolute atomic E-state index is 13.3. The molecule has 1 aliphatic carbocycles. The van der Waals surface area contributed by atoms with Crippen LogP contribution in [-0.2, 0) is 0 Å². The second-order valence-corrected chi connectivity index (χ2v) is 6.65. The summed E-state index contributed by atoms with van der Waals surface area (Å²) in [4.78, 5) is 14.1. The summed E-state index contributed by atoms with van der Waals surface area (Å²) in [6, 6.07) is 3.30. The summed E-state index contributed by atoms with van der Waals surface area (Å²) in [6.45, 7) is 1.29. The van der Waals surface area contributed by atoms with Crippen molar-refractivity contribution in [3.05, 3.63) is 35.4 Å². The van der Waals surface area contributed by atoms with E-state index in [1.54, 1.807) is 4.90 Å². The van der Waals surface area contributed by atoms with Gasteiger partial charge in [-0.25, -0.2) is 8.78 Å². The Balaban J connectivity index is 1.63. The van der Waals surface area contributed by atoms with Crippen LogP contribution >= 0.6 is 0 Å². The van der Waals surface area contributed by atoms with Crippen molar-refractivity contribution in [1.29, 1.82) is 0 Å². The smallest absolute Gasteiger partial charge is 0.253 e. The first kappa shape index (κ1) is 15.4. The predicted molar refractivity (Wildman–Crippen MR) is 78.4 cm³/mol. The van der Waals surface area contributed by atoms with Crippen molar-refractivity contribution in [2.24, 2.45) is 5.41 Å². The summed E-state index contributed by atoms with van der Waals surface area (Å²) < 4.78 is 26.2. The van der Waals surface area contributed by atoms with Gasteiger partial charge in [0, 0.05) is 18.7 Å². The Labute approximate surface area is 128 Å². The summed E-state index contributed by atoms with van der Waals surface area (Å²) >= 11 is 0. The fourth-order valence-electron chi connectivity index (χ4n) is 3.71. The highest BCUT2D eigenvalue weighted by atomic mass is 19.2. The van der Waals surface area contributed by atoms with Crippen LogP contribution in [0.5, 0.6) is 0 Å². The lowest BCUT2D eigenvalue weighted by Crippen LogP contribution is -2.45. The maximum atomic E-state index is 13.3. The quantitative estimate of drug-likeness (QED) is 0.866. The van der Waals surface area contributed by atoms with Crippen LogP contribution in [0, 0.1) is 17.0 Å². The molecule has 5 heteroatoms. The monoisotopic (exact) mass is 309 g/mol. The van der Waals surface area contributed by atoms with Crippen LogP contribution in [-0.4, -0.2) is 35.1 Å². The van der Waals surface area contributed by atoms with Gasteiger partial charge in [-0.05, 0) is 62.1 Å². The van der Waals surface area contributed by atoms with Crippen LogP contribution in [0.25, 0.3) is 0 Å². The third-order valence-electron chi connectivity index (χ3n) is 5.29. The number of aliphatic hydroxyl groups is 1. The zero-order chi connectivity index (χ0) is 15.7. The Kier molecular flexibility index (Phi) is 4.17. The number of aliphatic hydroxyl groups excluding tert-OH is 1. The first-order chi connectivity index (χ1) is 10.5. The number of halogens is 2. The highest BCUT2D eigenvalue weighted by molar-refractivity contribution is 5.94. The summed E-state index contributed by atoms with van der Waals surface area (Å²) in [6.07, 6.45) is 5.40. The highest BCUT2D eigenvalue weighted by Crippen LogP contribution is 2.44. The minimum absolute atomic E-state index is 0.174. The summed E-state index contributed by atoms with van der Waals surface area (Å²) in [5.74, 6) is -2.15.